The Morgan fingerprint density at radius 2 is 1.86 bits per heavy atom. The molecule has 2 aromatic carbocycles. The smallest absolute Gasteiger partial charge is 0.267 e. The number of carbonyl (C=O) groups excluding carboxylic acids is 1. The van der Waals surface area contributed by atoms with Gasteiger partial charge in [0, 0.05) is 22.6 Å². The number of nitrogens with one attached hydrogen (secondary N) is 2. The summed E-state index contributed by atoms with van der Waals surface area (Å²) in [5.74, 6) is -0.460. The van der Waals surface area contributed by atoms with Crippen LogP contribution >= 0.6 is 11.6 Å². The number of halogens is 1. The van der Waals surface area contributed by atoms with Gasteiger partial charge in [-0.25, -0.2) is 0 Å². The van der Waals surface area contributed by atoms with Gasteiger partial charge in [-0.2, -0.15) is 5.26 Å². The van der Waals surface area contributed by atoms with Crippen molar-refractivity contribution in [1.82, 2.24) is 0 Å². The van der Waals surface area contributed by atoms with Gasteiger partial charge in [0.1, 0.15) is 11.6 Å². The maximum absolute atomic E-state index is 12.1. The third kappa shape index (κ3) is 4.11. The summed E-state index contributed by atoms with van der Waals surface area (Å²) >= 11 is 5.80. The Bertz CT molecular complexity index is 745. The molecule has 0 aliphatic carbocycles. The number of rotatable bonds is 4. The second-order valence-electron chi connectivity index (χ2n) is 4.59. The van der Waals surface area contributed by atoms with Crippen LogP contribution in [0.1, 0.15) is 5.56 Å². The Morgan fingerprint density at radius 3 is 2.50 bits per heavy atom. The number of para-hydroxylation sites is 1. The maximum atomic E-state index is 12.1. The normalized spacial score (nSPS) is 10.7. The topological polar surface area (TPSA) is 64.9 Å². The van der Waals surface area contributed by atoms with Gasteiger partial charge in [0.2, 0.25) is 0 Å². The van der Waals surface area contributed by atoms with Gasteiger partial charge in [0.05, 0.1) is 0 Å². The molecule has 4 nitrogen and oxygen atoms in total. The van der Waals surface area contributed by atoms with Crippen LogP contribution in [-0.4, -0.2) is 5.91 Å². The zero-order chi connectivity index (χ0) is 15.9. The molecule has 2 aromatic rings. The van der Waals surface area contributed by atoms with Crippen LogP contribution in [0.5, 0.6) is 0 Å². The van der Waals surface area contributed by atoms with Crippen LogP contribution in [0.25, 0.3) is 0 Å². The lowest BCUT2D eigenvalue weighted by atomic mass is 10.2. The molecule has 22 heavy (non-hydrogen) atoms. The lowest BCUT2D eigenvalue weighted by Gasteiger charge is -2.07. The fourth-order valence-corrected chi connectivity index (χ4v) is 1.88. The van der Waals surface area contributed by atoms with Crippen LogP contribution < -0.4 is 10.6 Å². The summed E-state index contributed by atoms with van der Waals surface area (Å²) in [6.07, 6.45) is 1.37. The average molecular weight is 312 g/mol. The zero-order valence-corrected chi connectivity index (χ0v) is 12.7. The third-order valence-corrected chi connectivity index (χ3v) is 3.24. The number of amides is 1. The molecule has 0 unspecified atom stereocenters. The molecule has 0 saturated carbocycles. The minimum atomic E-state index is -0.460. The lowest BCUT2D eigenvalue weighted by Crippen LogP contribution is -2.15. The van der Waals surface area contributed by atoms with Crippen LogP contribution in [0.4, 0.5) is 11.4 Å². The van der Waals surface area contributed by atoms with Gasteiger partial charge in [0.25, 0.3) is 5.91 Å². The molecule has 0 atom stereocenters. The molecular weight excluding hydrogens is 298 g/mol. The van der Waals surface area contributed by atoms with E-state index < -0.39 is 5.91 Å². The molecule has 0 heterocycles. The summed E-state index contributed by atoms with van der Waals surface area (Å²) in [5, 5.41) is 15.4. The van der Waals surface area contributed by atoms with Crippen molar-refractivity contribution < 1.29 is 4.79 Å². The standard InChI is InChI=1S/C17H14ClN3O/c1-12-4-2-3-5-16(12)21-17(22)13(10-19)11-20-15-8-6-14(18)7-9-15/h2-9,11,20H,1H3,(H,21,22)/b13-11-. The molecule has 0 fully saturated rings. The number of hydrogen-bond donors (Lipinski definition) is 2. The second kappa shape index (κ2) is 7.30. The first-order chi connectivity index (χ1) is 10.6. The van der Waals surface area contributed by atoms with Gasteiger partial charge < -0.3 is 10.6 Å². The molecule has 2 rings (SSSR count). The molecule has 110 valence electrons. The minimum Gasteiger partial charge on any atom is -0.360 e. The number of nitrogens with zero attached hydrogens (tertiary/aromatic N) is 1. The van der Waals surface area contributed by atoms with Crippen molar-refractivity contribution in [2.75, 3.05) is 10.6 Å². The number of hydrogen-bond acceptors (Lipinski definition) is 3. The molecule has 0 saturated heterocycles. The fourth-order valence-electron chi connectivity index (χ4n) is 1.75. The Labute approximate surface area is 134 Å². The first kappa shape index (κ1) is 15.6. The van der Waals surface area contributed by atoms with Gasteiger partial charge in [-0.3, -0.25) is 4.79 Å². The molecule has 0 aliphatic heterocycles. The summed E-state index contributed by atoms with van der Waals surface area (Å²) in [6, 6.07) is 16.2. The quantitative estimate of drug-likeness (QED) is 0.660. The van der Waals surface area contributed by atoms with E-state index in [0.29, 0.717) is 10.7 Å². The lowest BCUT2D eigenvalue weighted by molar-refractivity contribution is -0.112. The number of carbonyl (C=O) groups is 1. The van der Waals surface area contributed by atoms with E-state index >= 15 is 0 Å². The molecule has 0 aromatic heterocycles. The highest BCUT2D eigenvalue weighted by molar-refractivity contribution is 6.30. The van der Waals surface area contributed by atoms with Crippen molar-refractivity contribution >= 4 is 28.9 Å². The van der Waals surface area contributed by atoms with E-state index in [-0.39, 0.29) is 5.57 Å². The van der Waals surface area contributed by atoms with E-state index in [4.69, 9.17) is 16.9 Å². The van der Waals surface area contributed by atoms with E-state index in [2.05, 4.69) is 10.6 Å². The zero-order valence-electron chi connectivity index (χ0n) is 11.9. The van der Waals surface area contributed by atoms with Gasteiger partial charge in [-0.15, -0.1) is 0 Å². The summed E-state index contributed by atoms with van der Waals surface area (Å²) in [4.78, 5) is 12.1. The van der Waals surface area contributed by atoms with Gasteiger partial charge in [-0.05, 0) is 42.8 Å². The maximum Gasteiger partial charge on any atom is 0.267 e. The first-order valence-corrected chi connectivity index (χ1v) is 6.97. The van der Waals surface area contributed by atoms with Gasteiger partial charge in [0.15, 0.2) is 0 Å². The molecule has 1 amide bonds. The Hall–Kier alpha value is -2.77. The van der Waals surface area contributed by atoms with Crippen LogP contribution in [0, 0.1) is 18.3 Å². The summed E-state index contributed by atoms with van der Waals surface area (Å²) in [5.41, 5.74) is 2.33. The first-order valence-electron chi connectivity index (χ1n) is 6.59. The predicted molar refractivity (Wildman–Crippen MR) is 88.6 cm³/mol. The molecule has 5 heteroatoms. The largest absolute Gasteiger partial charge is 0.360 e. The van der Waals surface area contributed by atoms with Crippen molar-refractivity contribution in [3.63, 3.8) is 0 Å². The number of anilines is 2. The van der Waals surface area contributed by atoms with E-state index in [9.17, 15) is 4.79 Å². The Kier molecular flexibility index (Phi) is 5.18. The average Bonchev–Trinajstić information content (AvgIpc) is 2.52. The summed E-state index contributed by atoms with van der Waals surface area (Å²) in [7, 11) is 0. The summed E-state index contributed by atoms with van der Waals surface area (Å²) in [6.45, 7) is 1.89. The van der Waals surface area contributed by atoms with Gasteiger partial charge >= 0.3 is 0 Å². The molecule has 0 radical (unpaired) electrons. The molecule has 0 aliphatic rings. The number of nitriles is 1. The highest BCUT2D eigenvalue weighted by Crippen LogP contribution is 2.15. The van der Waals surface area contributed by atoms with E-state index in [1.165, 1.54) is 6.20 Å². The van der Waals surface area contributed by atoms with Crippen LogP contribution in [-0.2, 0) is 4.79 Å². The highest BCUT2D eigenvalue weighted by atomic mass is 35.5. The molecule has 0 spiro atoms. The number of benzene rings is 2. The monoisotopic (exact) mass is 311 g/mol. The van der Waals surface area contributed by atoms with Crippen molar-refractivity contribution in [3.05, 3.63) is 70.9 Å². The van der Waals surface area contributed by atoms with Crippen molar-refractivity contribution in [2.24, 2.45) is 0 Å². The minimum absolute atomic E-state index is 0.0156. The summed E-state index contributed by atoms with van der Waals surface area (Å²) < 4.78 is 0. The van der Waals surface area contributed by atoms with Gasteiger partial charge in [-0.1, -0.05) is 29.8 Å². The van der Waals surface area contributed by atoms with Crippen LogP contribution in [0.2, 0.25) is 5.02 Å². The molecule has 0 bridgehead atoms. The number of aryl methyl sites for hydroxylation is 1. The van der Waals surface area contributed by atoms with E-state index in [1.54, 1.807) is 30.3 Å². The fraction of sp³-hybridized carbons (Fsp3) is 0.0588. The van der Waals surface area contributed by atoms with E-state index in [0.717, 1.165) is 11.3 Å². The van der Waals surface area contributed by atoms with E-state index in [1.807, 2.05) is 31.2 Å². The SMILES string of the molecule is Cc1ccccc1NC(=O)/C(C#N)=C\Nc1ccc(Cl)cc1. The molecule has 2 N–H and O–H groups in total. The second-order valence-corrected chi connectivity index (χ2v) is 5.03. The highest BCUT2D eigenvalue weighted by Gasteiger charge is 2.10. The van der Waals surface area contributed by atoms with Crippen LogP contribution in [0.3, 0.4) is 0 Å². The molecular formula is C17H14ClN3O. The Balaban J connectivity index is 2.09. The Morgan fingerprint density at radius 1 is 1.18 bits per heavy atom. The third-order valence-electron chi connectivity index (χ3n) is 2.99. The van der Waals surface area contributed by atoms with Crippen molar-refractivity contribution in [2.45, 2.75) is 6.92 Å². The predicted octanol–water partition coefficient (Wildman–Crippen LogP) is 4.11. The van der Waals surface area contributed by atoms with Crippen molar-refractivity contribution in [1.29, 1.82) is 5.26 Å². The van der Waals surface area contributed by atoms with Crippen LogP contribution in [0.15, 0.2) is 60.3 Å². The van der Waals surface area contributed by atoms with Crippen molar-refractivity contribution in [3.8, 4) is 6.07 Å².